The molecule has 0 aliphatic rings. The van der Waals surface area contributed by atoms with Crippen LogP contribution in [0.15, 0.2) is 59.6 Å². The lowest BCUT2D eigenvalue weighted by molar-refractivity contribution is 0.491. The van der Waals surface area contributed by atoms with Gasteiger partial charge in [-0.25, -0.2) is 22.5 Å². The second-order valence-electron chi connectivity index (χ2n) is 7.74. The van der Waals surface area contributed by atoms with Crippen LogP contribution < -0.4 is 16.2 Å². The number of rotatable bonds is 4. The third kappa shape index (κ3) is 4.55. The van der Waals surface area contributed by atoms with Crippen LogP contribution in [-0.4, -0.2) is 18.9 Å². The van der Waals surface area contributed by atoms with E-state index < -0.39 is 21.4 Å². The molecule has 152 valence electrons. The Morgan fingerprint density at radius 1 is 0.966 bits per heavy atom. The zero-order valence-corrected chi connectivity index (χ0v) is 17.2. The summed E-state index contributed by atoms with van der Waals surface area (Å²) in [5.41, 5.74) is 12.6. The van der Waals surface area contributed by atoms with Crippen molar-refractivity contribution in [3.05, 3.63) is 60.5 Å². The fourth-order valence-corrected chi connectivity index (χ4v) is 4.60. The van der Waals surface area contributed by atoms with Crippen LogP contribution in [0.2, 0.25) is 0 Å². The number of nitrogens with one attached hydrogen (secondary N) is 1. The molecule has 29 heavy (non-hydrogen) atoms. The van der Waals surface area contributed by atoms with E-state index in [4.69, 9.17) is 11.5 Å². The van der Waals surface area contributed by atoms with Gasteiger partial charge in [0.25, 0.3) is 0 Å². The summed E-state index contributed by atoms with van der Waals surface area (Å²) in [6, 6.07) is 12.6. The first kappa shape index (κ1) is 20.8. The first-order valence-corrected chi connectivity index (χ1v) is 10.4. The molecule has 0 radical (unpaired) electrons. The highest BCUT2D eigenvalue weighted by Crippen LogP contribution is 2.32. The summed E-state index contributed by atoms with van der Waals surface area (Å²) in [5.74, 6) is -0.347. The van der Waals surface area contributed by atoms with Gasteiger partial charge in [-0.2, -0.15) is 0 Å². The molecule has 6 nitrogen and oxygen atoms in total. The average Bonchev–Trinajstić information content (AvgIpc) is 2.62. The van der Waals surface area contributed by atoms with Crippen molar-refractivity contribution in [2.24, 2.45) is 0 Å². The van der Waals surface area contributed by atoms with Gasteiger partial charge in [-0.05, 0) is 44.5 Å². The van der Waals surface area contributed by atoms with Crippen LogP contribution >= 0.6 is 0 Å². The first-order chi connectivity index (χ1) is 13.5. The lowest BCUT2D eigenvalue weighted by Crippen LogP contribution is -2.40. The molecule has 0 spiro atoms. The maximum atomic E-state index is 14.9. The highest BCUT2D eigenvalue weighted by Gasteiger charge is 2.25. The Labute approximate surface area is 169 Å². The third-order valence-electron chi connectivity index (χ3n) is 4.16. The van der Waals surface area contributed by atoms with Gasteiger partial charge in [0.1, 0.15) is 11.6 Å². The lowest BCUT2D eigenvalue weighted by atomic mass is 10.0. The maximum absolute atomic E-state index is 14.9. The fraction of sp³-hybridized carbons (Fsp3) is 0.190. The summed E-state index contributed by atoms with van der Waals surface area (Å²) in [6.07, 6.45) is 1.44. The Kier molecular flexibility index (Phi) is 5.34. The smallest absolute Gasteiger partial charge is 0.241 e. The SMILES string of the molecule is CC(C)(C)NS(=O)(=O)c1ccccc1-c1ccc(-c2cnc(N)c(N)c2)c(F)c1. The molecule has 3 rings (SSSR count). The Bertz CT molecular complexity index is 1170. The molecule has 2 aromatic carbocycles. The Balaban J connectivity index is 2.07. The van der Waals surface area contributed by atoms with Crippen LogP contribution in [-0.2, 0) is 10.0 Å². The molecule has 0 aliphatic carbocycles. The first-order valence-electron chi connectivity index (χ1n) is 8.92. The van der Waals surface area contributed by atoms with Crippen molar-refractivity contribution in [2.45, 2.75) is 31.2 Å². The molecule has 0 amide bonds. The number of nitrogen functional groups attached to an aromatic ring is 2. The van der Waals surface area contributed by atoms with E-state index in [2.05, 4.69) is 9.71 Å². The van der Waals surface area contributed by atoms with E-state index in [1.165, 1.54) is 18.3 Å². The third-order valence-corrected chi connectivity index (χ3v) is 5.97. The monoisotopic (exact) mass is 414 g/mol. The van der Waals surface area contributed by atoms with Gasteiger partial charge < -0.3 is 11.5 Å². The number of halogens is 1. The van der Waals surface area contributed by atoms with E-state index in [0.717, 1.165) is 0 Å². The molecule has 3 aromatic rings. The van der Waals surface area contributed by atoms with Crippen molar-refractivity contribution in [2.75, 3.05) is 11.5 Å². The summed E-state index contributed by atoms with van der Waals surface area (Å²) in [7, 11) is -3.80. The van der Waals surface area contributed by atoms with Gasteiger partial charge in [0, 0.05) is 28.4 Å². The van der Waals surface area contributed by atoms with Gasteiger partial charge >= 0.3 is 0 Å². The molecule has 0 unspecified atom stereocenters. The molecule has 8 heteroatoms. The normalized spacial score (nSPS) is 12.1. The van der Waals surface area contributed by atoms with Crippen LogP contribution in [0.1, 0.15) is 20.8 Å². The zero-order chi connectivity index (χ0) is 21.4. The number of sulfonamides is 1. The second-order valence-corrected chi connectivity index (χ2v) is 9.40. The molecular formula is C21H23FN4O2S. The number of nitrogens with zero attached hydrogens (tertiary/aromatic N) is 1. The molecule has 5 N–H and O–H groups in total. The minimum atomic E-state index is -3.80. The number of aromatic nitrogens is 1. The van der Waals surface area contributed by atoms with Crippen molar-refractivity contribution in [1.82, 2.24) is 9.71 Å². The number of nitrogens with two attached hydrogens (primary N) is 2. The molecule has 1 aromatic heterocycles. The molecule has 0 fully saturated rings. The van der Waals surface area contributed by atoms with Crippen LogP contribution in [0.4, 0.5) is 15.9 Å². The molecule has 1 heterocycles. The Morgan fingerprint density at radius 2 is 1.66 bits per heavy atom. The number of hydrogen-bond acceptors (Lipinski definition) is 5. The summed E-state index contributed by atoms with van der Waals surface area (Å²) < 4.78 is 43.2. The van der Waals surface area contributed by atoms with Gasteiger partial charge in [-0.1, -0.05) is 30.3 Å². The Hall–Kier alpha value is -2.97. The van der Waals surface area contributed by atoms with E-state index in [0.29, 0.717) is 22.3 Å². The minimum Gasteiger partial charge on any atom is -0.396 e. The van der Waals surface area contributed by atoms with Crippen molar-refractivity contribution >= 4 is 21.5 Å². The van der Waals surface area contributed by atoms with Gasteiger partial charge in [0.05, 0.1) is 10.6 Å². The number of pyridine rings is 1. The van der Waals surface area contributed by atoms with E-state index >= 15 is 0 Å². The minimum absolute atomic E-state index is 0.0838. The summed E-state index contributed by atoms with van der Waals surface area (Å²) >= 11 is 0. The zero-order valence-electron chi connectivity index (χ0n) is 16.4. The molecule has 0 saturated carbocycles. The van der Waals surface area contributed by atoms with Crippen molar-refractivity contribution in [1.29, 1.82) is 0 Å². The van der Waals surface area contributed by atoms with Crippen LogP contribution in [0.25, 0.3) is 22.3 Å². The van der Waals surface area contributed by atoms with Gasteiger partial charge in [-0.15, -0.1) is 0 Å². The van der Waals surface area contributed by atoms with Crippen molar-refractivity contribution < 1.29 is 12.8 Å². The van der Waals surface area contributed by atoms with E-state index in [-0.39, 0.29) is 16.4 Å². The van der Waals surface area contributed by atoms with Crippen molar-refractivity contribution in [3.63, 3.8) is 0 Å². The van der Waals surface area contributed by atoms with Crippen LogP contribution in [0, 0.1) is 5.82 Å². The van der Waals surface area contributed by atoms with E-state index in [1.54, 1.807) is 57.2 Å². The molecular weight excluding hydrogens is 391 g/mol. The summed E-state index contributed by atoms with van der Waals surface area (Å²) in [6.45, 7) is 5.27. The van der Waals surface area contributed by atoms with Crippen LogP contribution in [0.3, 0.4) is 0 Å². The standard InChI is InChI=1S/C21H23FN4O2S/c1-21(2,3)26-29(27,28)19-7-5-4-6-16(19)13-8-9-15(17(22)10-13)14-11-18(23)20(24)25-12-14/h4-12,26H,23H2,1-3H3,(H2,24,25). The quantitative estimate of drug-likeness (QED) is 0.601. The predicted octanol–water partition coefficient (Wildman–Crippen LogP) is 3.80. The second kappa shape index (κ2) is 7.46. The average molecular weight is 415 g/mol. The topological polar surface area (TPSA) is 111 Å². The van der Waals surface area contributed by atoms with Gasteiger partial charge in [0.2, 0.25) is 10.0 Å². The lowest BCUT2D eigenvalue weighted by Gasteiger charge is -2.21. The van der Waals surface area contributed by atoms with E-state index in [1.807, 2.05) is 0 Å². The highest BCUT2D eigenvalue weighted by atomic mass is 32.2. The summed E-state index contributed by atoms with van der Waals surface area (Å²) in [5, 5.41) is 0. The summed E-state index contributed by atoms with van der Waals surface area (Å²) in [4.78, 5) is 4.04. The largest absolute Gasteiger partial charge is 0.396 e. The number of hydrogen-bond donors (Lipinski definition) is 3. The van der Waals surface area contributed by atoms with Gasteiger partial charge in [-0.3, -0.25) is 0 Å². The predicted molar refractivity (Wildman–Crippen MR) is 114 cm³/mol. The molecule has 0 atom stereocenters. The highest BCUT2D eigenvalue weighted by molar-refractivity contribution is 7.89. The number of anilines is 2. The van der Waals surface area contributed by atoms with E-state index in [9.17, 15) is 12.8 Å². The molecule has 0 bridgehead atoms. The Morgan fingerprint density at radius 3 is 2.28 bits per heavy atom. The molecule has 0 saturated heterocycles. The molecule has 0 aliphatic heterocycles. The maximum Gasteiger partial charge on any atom is 0.241 e. The fourth-order valence-electron chi connectivity index (χ4n) is 2.95. The van der Waals surface area contributed by atoms with Gasteiger partial charge in [0.15, 0.2) is 0 Å². The van der Waals surface area contributed by atoms with Crippen LogP contribution in [0.5, 0.6) is 0 Å². The van der Waals surface area contributed by atoms with Crippen molar-refractivity contribution in [3.8, 4) is 22.3 Å². The number of benzene rings is 2.